The predicted octanol–water partition coefficient (Wildman–Crippen LogP) is -0.507. The first-order valence-corrected chi connectivity index (χ1v) is 4.83. The lowest BCUT2D eigenvalue weighted by atomic mass is 10.4. The molecule has 0 bridgehead atoms. The second kappa shape index (κ2) is 8.66. The van der Waals surface area contributed by atoms with Gasteiger partial charge in [-0.2, -0.15) is 4.79 Å². The minimum absolute atomic E-state index is 0.186. The summed E-state index contributed by atoms with van der Waals surface area (Å²) in [5, 5.41) is 0. The van der Waals surface area contributed by atoms with Crippen molar-refractivity contribution in [1.29, 1.82) is 0 Å². The van der Waals surface area contributed by atoms with E-state index in [9.17, 15) is 14.4 Å². The highest BCUT2D eigenvalue weighted by Gasteiger charge is 2.32. The maximum atomic E-state index is 11.2. The molecule has 0 aromatic heterocycles. The van der Waals surface area contributed by atoms with Gasteiger partial charge >= 0.3 is 23.6 Å². The molecule has 0 spiro atoms. The number of nitrogens with zero attached hydrogens (tertiary/aromatic N) is 2. The summed E-state index contributed by atoms with van der Waals surface area (Å²) < 4.78 is 13.3. The molecule has 98 valence electrons. The molecular weight excluding hydrogens is 244 g/mol. The molecule has 8 heteroatoms. The van der Waals surface area contributed by atoms with E-state index in [1.54, 1.807) is 6.92 Å². The number of hydrogen-bond donors (Lipinski definition) is 0. The lowest BCUT2D eigenvalue weighted by molar-refractivity contribution is -0.151. The summed E-state index contributed by atoms with van der Waals surface area (Å²) >= 11 is 0. The maximum Gasteiger partial charge on any atom is 0.482 e. The fourth-order valence-corrected chi connectivity index (χ4v) is 0.791. The van der Waals surface area contributed by atoms with Crippen LogP contribution in [0.25, 0.3) is 5.53 Å². The van der Waals surface area contributed by atoms with Gasteiger partial charge in [0.2, 0.25) is 0 Å². The number of ether oxygens (including phenoxy) is 3. The van der Waals surface area contributed by atoms with Crippen molar-refractivity contribution in [2.24, 2.45) is 0 Å². The van der Waals surface area contributed by atoms with Gasteiger partial charge in [-0.25, -0.2) is 14.4 Å². The van der Waals surface area contributed by atoms with Gasteiger partial charge in [0.1, 0.15) is 13.2 Å². The van der Waals surface area contributed by atoms with Crippen LogP contribution in [0, 0.1) is 0 Å². The predicted molar refractivity (Wildman–Crippen MR) is 57.4 cm³/mol. The van der Waals surface area contributed by atoms with Crippen molar-refractivity contribution in [1.82, 2.24) is 0 Å². The van der Waals surface area contributed by atoms with Gasteiger partial charge in [-0.05, 0) is 6.92 Å². The van der Waals surface area contributed by atoms with E-state index in [0.29, 0.717) is 0 Å². The Bertz CT molecular complexity index is 409. The zero-order valence-corrected chi connectivity index (χ0v) is 9.91. The molecule has 0 aliphatic heterocycles. The van der Waals surface area contributed by atoms with Crippen LogP contribution in [0.15, 0.2) is 12.2 Å². The van der Waals surface area contributed by atoms with Gasteiger partial charge in [-0.1, -0.05) is 6.08 Å². The third-order valence-corrected chi connectivity index (χ3v) is 1.54. The van der Waals surface area contributed by atoms with E-state index in [2.05, 4.69) is 19.0 Å². The van der Waals surface area contributed by atoms with E-state index in [-0.39, 0.29) is 13.2 Å². The van der Waals surface area contributed by atoms with Crippen LogP contribution in [0.1, 0.15) is 6.92 Å². The van der Waals surface area contributed by atoms with Gasteiger partial charge in [-0.15, -0.1) is 0 Å². The van der Waals surface area contributed by atoms with Crippen molar-refractivity contribution < 1.29 is 33.4 Å². The van der Waals surface area contributed by atoms with E-state index in [1.807, 2.05) is 0 Å². The number of carbonyl (C=O) groups excluding carboxylic acids is 3. The van der Waals surface area contributed by atoms with Crippen molar-refractivity contribution in [3.05, 3.63) is 17.7 Å². The van der Waals surface area contributed by atoms with Crippen LogP contribution in [0.2, 0.25) is 0 Å². The molecule has 0 fully saturated rings. The van der Waals surface area contributed by atoms with Gasteiger partial charge < -0.3 is 19.7 Å². The summed E-state index contributed by atoms with van der Waals surface area (Å²) in [6, 6.07) is 0. The van der Waals surface area contributed by atoms with Gasteiger partial charge in [-0.3, -0.25) is 0 Å². The Morgan fingerprint density at radius 1 is 1.17 bits per heavy atom. The average Bonchev–Trinajstić information content (AvgIpc) is 2.35. The molecule has 0 aliphatic carbocycles. The Morgan fingerprint density at radius 2 is 1.78 bits per heavy atom. The van der Waals surface area contributed by atoms with Crippen molar-refractivity contribution >= 4 is 23.6 Å². The third kappa shape index (κ3) is 5.57. The highest BCUT2D eigenvalue weighted by atomic mass is 16.6. The number of esters is 3. The van der Waals surface area contributed by atoms with Crippen LogP contribution in [0.5, 0.6) is 0 Å². The van der Waals surface area contributed by atoms with Gasteiger partial charge in [0.25, 0.3) is 0 Å². The quantitative estimate of drug-likeness (QED) is 0.0923. The normalized spacial score (nSPS) is 9.44. The van der Waals surface area contributed by atoms with E-state index in [4.69, 9.17) is 5.53 Å². The minimum atomic E-state index is -1.17. The average molecular weight is 256 g/mol. The molecular formula is C10H12N2O6. The zero-order chi connectivity index (χ0) is 14.0. The molecule has 0 atom stereocenters. The van der Waals surface area contributed by atoms with Crippen LogP contribution in [0.3, 0.4) is 0 Å². The Kier molecular flexibility index (Phi) is 7.47. The molecule has 0 radical (unpaired) electrons. The molecule has 0 rings (SSSR count). The molecule has 0 heterocycles. The van der Waals surface area contributed by atoms with Crippen LogP contribution in [0.4, 0.5) is 0 Å². The van der Waals surface area contributed by atoms with Crippen molar-refractivity contribution in [3.63, 3.8) is 0 Å². The first-order chi connectivity index (χ1) is 8.56. The highest BCUT2D eigenvalue weighted by molar-refractivity contribution is 6.60. The number of carbonyl (C=O) groups is 3. The summed E-state index contributed by atoms with van der Waals surface area (Å²) in [5.41, 5.74) is 7.51. The van der Waals surface area contributed by atoms with Crippen LogP contribution in [-0.4, -0.2) is 48.7 Å². The van der Waals surface area contributed by atoms with Gasteiger partial charge in [0.15, 0.2) is 0 Å². The van der Waals surface area contributed by atoms with E-state index < -0.39 is 23.6 Å². The number of hydrogen-bond acceptors (Lipinski definition) is 6. The molecule has 8 nitrogen and oxygen atoms in total. The van der Waals surface area contributed by atoms with Gasteiger partial charge in [0, 0.05) is 6.08 Å². The Morgan fingerprint density at radius 3 is 2.28 bits per heavy atom. The molecule has 18 heavy (non-hydrogen) atoms. The Labute approximate surface area is 103 Å². The number of methoxy groups -OCH3 is 1. The summed E-state index contributed by atoms with van der Waals surface area (Å²) in [6.45, 7) is 1.18. The number of allylic oxidation sites excluding steroid dienone is 1. The van der Waals surface area contributed by atoms with E-state index >= 15 is 0 Å². The van der Waals surface area contributed by atoms with Crippen LogP contribution < -0.4 is 0 Å². The SMILES string of the molecule is CC=CC(=O)OCCOC(=O)C(=[N+]=[N-])C(=O)OC. The van der Waals surface area contributed by atoms with Crippen molar-refractivity contribution in [3.8, 4) is 0 Å². The monoisotopic (exact) mass is 256 g/mol. The second-order valence-corrected chi connectivity index (χ2v) is 2.74. The molecule has 0 aromatic rings. The minimum Gasteiger partial charge on any atom is -0.460 e. The van der Waals surface area contributed by atoms with E-state index in [1.165, 1.54) is 12.2 Å². The van der Waals surface area contributed by atoms with Gasteiger partial charge in [0.05, 0.1) is 7.11 Å². The van der Waals surface area contributed by atoms with Crippen LogP contribution >= 0.6 is 0 Å². The first-order valence-electron chi connectivity index (χ1n) is 4.83. The lowest BCUT2D eigenvalue weighted by Gasteiger charge is -2.02. The zero-order valence-electron chi connectivity index (χ0n) is 9.91. The van der Waals surface area contributed by atoms with Crippen molar-refractivity contribution in [2.75, 3.05) is 20.3 Å². The third-order valence-electron chi connectivity index (χ3n) is 1.54. The fourth-order valence-electron chi connectivity index (χ4n) is 0.791. The second-order valence-electron chi connectivity index (χ2n) is 2.74. The van der Waals surface area contributed by atoms with Crippen LogP contribution in [-0.2, 0) is 28.6 Å². The Balaban J connectivity index is 4.08. The number of rotatable bonds is 6. The largest absolute Gasteiger partial charge is 0.482 e. The smallest absolute Gasteiger partial charge is 0.460 e. The maximum absolute atomic E-state index is 11.2. The molecule has 0 aliphatic rings. The summed E-state index contributed by atoms with van der Waals surface area (Å²) in [5.74, 6) is -2.89. The molecule has 0 saturated carbocycles. The topological polar surface area (TPSA) is 115 Å². The molecule has 0 saturated heterocycles. The van der Waals surface area contributed by atoms with Crippen molar-refractivity contribution in [2.45, 2.75) is 6.92 Å². The lowest BCUT2D eigenvalue weighted by Crippen LogP contribution is -2.29. The molecule has 0 unspecified atom stereocenters. The standard InChI is InChI=1S/C10H12N2O6/c1-3-4-7(13)17-5-6-18-10(15)8(12-11)9(14)16-2/h3-4H,5-6H2,1-2H3. The molecule has 0 N–H and O–H groups in total. The fraction of sp³-hybridized carbons (Fsp3) is 0.400. The molecule has 0 amide bonds. The molecule has 0 aromatic carbocycles. The summed E-state index contributed by atoms with van der Waals surface area (Å²) in [4.78, 5) is 35.4. The summed E-state index contributed by atoms with van der Waals surface area (Å²) in [7, 11) is 1.01. The Hall–Kier alpha value is -2.47. The first kappa shape index (κ1) is 15.5. The highest BCUT2D eigenvalue weighted by Crippen LogP contribution is 1.88. The summed E-state index contributed by atoms with van der Waals surface area (Å²) in [6.07, 6.45) is 2.68. The van der Waals surface area contributed by atoms with E-state index in [0.717, 1.165) is 7.11 Å².